The minimum atomic E-state index is -0.781. The van der Waals surface area contributed by atoms with E-state index in [4.69, 9.17) is 9.47 Å². The molecule has 3 aromatic rings. The SMILES string of the molecule is Cc1nc2cccc(OCc3ncc(CN4CCOCC4)s3)c2c(=O)n1C1CCC(=O)NC1=O. The number of carbonyl (C=O) groups is 2. The molecular weight excluding hydrogens is 458 g/mol. The molecule has 1 N–H and O–H groups in total. The molecule has 2 aliphatic heterocycles. The van der Waals surface area contributed by atoms with Crippen molar-refractivity contribution in [2.75, 3.05) is 26.3 Å². The van der Waals surface area contributed by atoms with Gasteiger partial charge in [-0.3, -0.25) is 29.2 Å². The van der Waals surface area contributed by atoms with Crippen LogP contribution in [0.1, 0.15) is 34.6 Å². The topological polar surface area (TPSA) is 116 Å². The number of thiazole rings is 1. The number of piperidine rings is 1. The lowest BCUT2D eigenvalue weighted by Gasteiger charge is -2.25. The molecule has 0 bridgehead atoms. The van der Waals surface area contributed by atoms with Gasteiger partial charge >= 0.3 is 0 Å². The quantitative estimate of drug-likeness (QED) is 0.525. The van der Waals surface area contributed by atoms with Crippen LogP contribution >= 0.6 is 11.3 Å². The van der Waals surface area contributed by atoms with Crippen LogP contribution in [0.2, 0.25) is 0 Å². The van der Waals surface area contributed by atoms with Gasteiger partial charge in [-0.1, -0.05) is 6.07 Å². The van der Waals surface area contributed by atoms with Crippen molar-refractivity contribution >= 4 is 34.1 Å². The smallest absolute Gasteiger partial charge is 0.265 e. The average Bonchev–Trinajstić information content (AvgIpc) is 3.26. The predicted octanol–water partition coefficient (Wildman–Crippen LogP) is 1.55. The third-order valence-electron chi connectivity index (χ3n) is 6.03. The van der Waals surface area contributed by atoms with E-state index in [9.17, 15) is 14.4 Å². The highest BCUT2D eigenvalue weighted by molar-refractivity contribution is 7.11. The number of amides is 2. The summed E-state index contributed by atoms with van der Waals surface area (Å²) in [5, 5.41) is 3.43. The molecule has 2 amide bonds. The van der Waals surface area contributed by atoms with Gasteiger partial charge in [-0.2, -0.15) is 0 Å². The summed E-state index contributed by atoms with van der Waals surface area (Å²) in [4.78, 5) is 49.9. The van der Waals surface area contributed by atoms with Gasteiger partial charge in [0.2, 0.25) is 11.8 Å². The van der Waals surface area contributed by atoms with Gasteiger partial charge in [0.15, 0.2) is 0 Å². The van der Waals surface area contributed by atoms with E-state index in [0.29, 0.717) is 22.5 Å². The Morgan fingerprint density at radius 3 is 2.85 bits per heavy atom. The van der Waals surface area contributed by atoms with Gasteiger partial charge in [-0.25, -0.2) is 9.97 Å². The second-order valence-electron chi connectivity index (χ2n) is 8.35. The molecule has 1 aromatic carbocycles. The van der Waals surface area contributed by atoms with Crippen molar-refractivity contribution in [1.29, 1.82) is 0 Å². The number of benzene rings is 1. The van der Waals surface area contributed by atoms with E-state index in [2.05, 4.69) is 20.2 Å². The monoisotopic (exact) mass is 483 g/mol. The summed E-state index contributed by atoms with van der Waals surface area (Å²) in [6, 6.07) is 4.47. The highest BCUT2D eigenvalue weighted by Crippen LogP contribution is 2.26. The first-order valence-electron chi connectivity index (χ1n) is 11.2. The Kier molecular flexibility index (Phi) is 6.40. The molecule has 2 saturated heterocycles. The van der Waals surface area contributed by atoms with Crippen LogP contribution in [-0.4, -0.2) is 57.6 Å². The zero-order valence-corrected chi connectivity index (χ0v) is 19.6. The summed E-state index contributed by atoms with van der Waals surface area (Å²) >= 11 is 1.58. The first kappa shape index (κ1) is 22.6. The third-order valence-corrected chi connectivity index (χ3v) is 6.98. The molecule has 2 aromatic heterocycles. The Labute approximate surface area is 199 Å². The molecule has 1 unspecified atom stereocenters. The van der Waals surface area contributed by atoms with Crippen LogP contribution in [0, 0.1) is 6.92 Å². The summed E-state index contributed by atoms with van der Waals surface area (Å²) < 4.78 is 12.8. The van der Waals surface area contributed by atoms with Gasteiger partial charge in [0.05, 0.1) is 18.7 Å². The molecule has 5 rings (SSSR count). The van der Waals surface area contributed by atoms with E-state index in [-0.39, 0.29) is 30.9 Å². The number of morpholine rings is 1. The van der Waals surface area contributed by atoms with Gasteiger partial charge in [0.25, 0.3) is 5.56 Å². The van der Waals surface area contributed by atoms with Crippen LogP contribution in [0.3, 0.4) is 0 Å². The van der Waals surface area contributed by atoms with E-state index in [0.717, 1.165) is 42.7 Å². The molecule has 10 nitrogen and oxygen atoms in total. The van der Waals surface area contributed by atoms with E-state index < -0.39 is 11.9 Å². The zero-order valence-electron chi connectivity index (χ0n) is 18.8. The number of hydrogen-bond donors (Lipinski definition) is 1. The van der Waals surface area contributed by atoms with Gasteiger partial charge in [-0.05, 0) is 25.5 Å². The predicted molar refractivity (Wildman–Crippen MR) is 125 cm³/mol. The highest BCUT2D eigenvalue weighted by atomic mass is 32.1. The van der Waals surface area contributed by atoms with Crippen molar-refractivity contribution in [2.24, 2.45) is 0 Å². The van der Waals surface area contributed by atoms with Crippen LogP contribution in [0.5, 0.6) is 5.75 Å². The van der Waals surface area contributed by atoms with Crippen molar-refractivity contribution < 1.29 is 19.1 Å². The fourth-order valence-electron chi connectivity index (χ4n) is 4.35. The fourth-order valence-corrected chi connectivity index (χ4v) is 5.22. The molecule has 11 heteroatoms. The Morgan fingerprint density at radius 1 is 1.24 bits per heavy atom. The molecule has 4 heterocycles. The van der Waals surface area contributed by atoms with E-state index in [1.165, 1.54) is 4.57 Å². The minimum absolute atomic E-state index is 0.176. The molecule has 2 aliphatic rings. The molecule has 2 fully saturated rings. The molecule has 0 radical (unpaired) electrons. The summed E-state index contributed by atoms with van der Waals surface area (Å²) in [6.45, 7) is 6.05. The number of aryl methyl sites for hydroxylation is 1. The Bertz CT molecular complexity index is 1300. The third kappa shape index (κ3) is 4.59. The maximum absolute atomic E-state index is 13.5. The first-order chi connectivity index (χ1) is 16.5. The second kappa shape index (κ2) is 9.61. The molecular formula is C23H25N5O5S. The fraction of sp³-hybridized carbons (Fsp3) is 0.435. The first-order valence-corrected chi connectivity index (χ1v) is 12.0. The molecule has 0 aliphatic carbocycles. The van der Waals surface area contributed by atoms with Crippen molar-refractivity contribution in [3.05, 3.63) is 50.5 Å². The summed E-state index contributed by atoms with van der Waals surface area (Å²) in [6.07, 6.45) is 2.30. The van der Waals surface area contributed by atoms with Crippen LogP contribution in [0.15, 0.2) is 29.2 Å². The lowest BCUT2D eigenvalue weighted by atomic mass is 10.1. The normalized spacial score (nSPS) is 19.4. The molecule has 178 valence electrons. The van der Waals surface area contributed by atoms with Crippen LogP contribution in [-0.2, 0) is 27.5 Å². The number of imide groups is 1. The Morgan fingerprint density at radius 2 is 2.06 bits per heavy atom. The molecule has 34 heavy (non-hydrogen) atoms. The van der Waals surface area contributed by atoms with Gasteiger partial charge < -0.3 is 9.47 Å². The standard InChI is InChI=1S/C23H25N5O5S/c1-14-25-16-3-2-4-18(21(16)23(31)28(14)17-5-6-19(29)26-22(17)30)33-13-20-24-11-15(34-20)12-27-7-9-32-10-8-27/h2-4,11,17H,5-10,12-13H2,1H3,(H,26,29,30). The summed E-state index contributed by atoms with van der Waals surface area (Å²) in [5.41, 5.74) is 0.135. The number of hydrogen-bond acceptors (Lipinski definition) is 9. The lowest BCUT2D eigenvalue weighted by molar-refractivity contribution is -0.135. The Hall–Kier alpha value is -3.15. The maximum Gasteiger partial charge on any atom is 0.265 e. The maximum atomic E-state index is 13.5. The van der Waals surface area contributed by atoms with Crippen molar-refractivity contribution in [1.82, 2.24) is 24.8 Å². The number of aromatic nitrogens is 3. The van der Waals surface area contributed by atoms with Crippen molar-refractivity contribution in [2.45, 2.75) is 39.0 Å². The van der Waals surface area contributed by atoms with Gasteiger partial charge in [-0.15, -0.1) is 11.3 Å². The number of carbonyl (C=O) groups excluding carboxylic acids is 2. The largest absolute Gasteiger partial charge is 0.486 e. The zero-order chi connectivity index (χ0) is 23.7. The average molecular weight is 484 g/mol. The van der Waals surface area contributed by atoms with Crippen LogP contribution in [0.4, 0.5) is 0 Å². The van der Waals surface area contributed by atoms with E-state index in [1.807, 2.05) is 6.20 Å². The molecule has 0 saturated carbocycles. The second-order valence-corrected chi connectivity index (χ2v) is 9.55. The number of nitrogens with zero attached hydrogens (tertiary/aromatic N) is 4. The van der Waals surface area contributed by atoms with Crippen molar-refractivity contribution in [3.63, 3.8) is 0 Å². The number of nitrogens with one attached hydrogen (secondary N) is 1. The van der Waals surface area contributed by atoms with Crippen molar-refractivity contribution in [3.8, 4) is 5.75 Å². The highest BCUT2D eigenvalue weighted by Gasteiger charge is 2.31. The van der Waals surface area contributed by atoms with Crippen LogP contribution in [0.25, 0.3) is 10.9 Å². The molecule has 1 atom stereocenters. The minimum Gasteiger partial charge on any atom is -0.486 e. The van der Waals surface area contributed by atoms with Gasteiger partial charge in [0.1, 0.15) is 34.6 Å². The van der Waals surface area contributed by atoms with Gasteiger partial charge in [0, 0.05) is 37.1 Å². The number of rotatable bonds is 6. The van der Waals surface area contributed by atoms with E-state index in [1.54, 1.807) is 36.5 Å². The molecule has 0 spiro atoms. The lowest BCUT2D eigenvalue weighted by Crippen LogP contribution is -2.45. The Balaban J connectivity index is 1.38. The number of fused-ring (bicyclic) bond motifs is 1. The van der Waals surface area contributed by atoms with Crippen LogP contribution < -0.4 is 15.6 Å². The summed E-state index contributed by atoms with van der Waals surface area (Å²) in [7, 11) is 0. The van der Waals surface area contributed by atoms with E-state index >= 15 is 0 Å². The summed E-state index contributed by atoms with van der Waals surface area (Å²) in [5.74, 6) is -0.0180. The number of ether oxygens (including phenoxy) is 2.